The van der Waals surface area contributed by atoms with Crippen molar-refractivity contribution in [1.29, 1.82) is 0 Å². The van der Waals surface area contributed by atoms with Gasteiger partial charge in [-0.25, -0.2) is 0 Å². The fraction of sp³-hybridized carbons (Fsp3) is 1.00. The third kappa shape index (κ3) is 40.5. The highest BCUT2D eigenvalue weighted by Crippen LogP contribution is 2.36. The lowest BCUT2D eigenvalue weighted by Crippen LogP contribution is -2.55. The van der Waals surface area contributed by atoms with Gasteiger partial charge in [0, 0.05) is 6.04 Å². The molecule has 61 heavy (non-hydrogen) atoms. The molecule has 0 radical (unpaired) electrons. The number of nitrogens with zero attached hydrogens (tertiary/aromatic N) is 2. The molecule has 0 amide bonds. The molecular formula is C57H116Cl2N2. The van der Waals surface area contributed by atoms with Gasteiger partial charge in [-0.3, -0.25) is 9.80 Å². The Hall–Kier alpha value is 0.500. The first-order valence-electron chi connectivity index (χ1n) is 28.6. The molecule has 368 valence electrons. The van der Waals surface area contributed by atoms with Gasteiger partial charge in [-0.05, 0) is 40.4 Å². The molecule has 0 N–H and O–H groups in total. The monoisotopic (exact) mass is 899 g/mol. The summed E-state index contributed by atoms with van der Waals surface area (Å²) in [5, 5.41) is 0. The van der Waals surface area contributed by atoms with Crippen molar-refractivity contribution >= 4 is 23.2 Å². The zero-order valence-electron chi connectivity index (χ0n) is 43.2. The van der Waals surface area contributed by atoms with Crippen LogP contribution in [-0.2, 0) is 0 Å². The van der Waals surface area contributed by atoms with E-state index in [1.54, 1.807) is 0 Å². The number of hydrogen-bond acceptors (Lipinski definition) is 2. The number of rotatable bonds is 52. The summed E-state index contributed by atoms with van der Waals surface area (Å²) in [6.07, 6.45) is 67.5. The van der Waals surface area contributed by atoms with Crippen molar-refractivity contribution in [2.75, 3.05) is 21.1 Å². The highest BCUT2D eigenvalue weighted by atomic mass is 35.5. The minimum Gasteiger partial charge on any atom is -0.296 e. The largest absolute Gasteiger partial charge is 0.296 e. The first-order valence-corrected chi connectivity index (χ1v) is 29.4. The van der Waals surface area contributed by atoms with E-state index in [1.165, 1.54) is 302 Å². The van der Waals surface area contributed by atoms with Crippen LogP contribution in [0.1, 0.15) is 329 Å². The fourth-order valence-corrected chi connectivity index (χ4v) is 10.5. The quantitative estimate of drug-likeness (QED) is 0.0341. The third-order valence-corrected chi connectivity index (χ3v) is 15.6. The zero-order chi connectivity index (χ0) is 44.8. The average molecular weight is 900 g/mol. The number of halogens is 2. The SMILES string of the molecule is CCCCCCCCCCCCCCCCCCC(CCCCCCCCCCCCCCCCCC)N(C)C(CCCCCCCCCCCCCCC)C(Cl)(Cl)N(C)C. The van der Waals surface area contributed by atoms with E-state index in [2.05, 4.69) is 51.7 Å². The lowest BCUT2D eigenvalue weighted by Gasteiger charge is -2.44. The van der Waals surface area contributed by atoms with Crippen LogP contribution >= 0.6 is 23.2 Å². The van der Waals surface area contributed by atoms with Crippen LogP contribution in [-0.4, -0.2) is 47.5 Å². The fourth-order valence-electron chi connectivity index (χ4n) is 9.94. The Morgan fingerprint density at radius 2 is 0.459 bits per heavy atom. The predicted molar refractivity (Wildman–Crippen MR) is 282 cm³/mol. The van der Waals surface area contributed by atoms with E-state index < -0.39 is 4.46 Å². The minimum atomic E-state index is -0.868. The molecule has 1 unspecified atom stereocenters. The molecule has 0 aromatic heterocycles. The maximum Gasteiger partial charge on any atom is 0.186 e. The predicted octanol–water partition coefficient (Wildman–Crippen LogP) is 21.1. The van der Waals surface area contributed by atoms with E-state index in [0.717, 1.165) is 6.42 Å². The van der Waals surface area contributed by atoms with E-state index in [4.69, 9.17) is 23.2 Å². The van der Waals surface area contributed by atoms with Gasteiger partial charge in [-0.2, -0.15) is 0 Å². The van der Waals surface area contributed by atoms with Crippen LogP contribution in [0, 0.1) is 0 Å². The van der Waals surface area contributed by atoms with Gasteiger partial charge in [-0.15, -0.1) is 0 Å². The summed E-state index contributed by atoms with van der Waals surface area (Å²) < 4.78 is -0.868. The normalized spacial score (nSPS) is 12.8. The van der Waals surface area contributed by atoms with Crippen molar-refractivity contribution in [3.05, 3.63) is 0 Å². The van der Waals surface area contributed by atoms with Gasteiger partial charge < -0.3 is 0 Å². The molecule has 4 heteroatoms. The van der Waals surface area contributed by atoms with Crippen molar-refractivity contribution < 1.29 is 0 Å². The average Bonchev–Trinajstić information content (AvgIpc) is 3.25. The molecule has 0 rings (SSSR count). The molecule has 0 aliphatic heterocycles. The van der Waals surface area contributed by atoms with Crippen LogP contribution in [0.15, 0.2) is 0 Å². The first-order chi connectivity index (χ1) is 29.8. The Bertz CT molecular complexity index is 781. The summed E-state index contributed by atoms with van der Waals surface area (Å²) in [7, 11) is 6.52. The number of hydrogen-bond donors (Lipinski definition) is 0. The van der Waals surface area contributed by atoms with Crippen molar-refractivity contribution in [3.8, 4) is 0 Å². The van der Waals surface area contributed by atoms with Crippen LogP contribution in [0.2, 0.25) is 0 Å². The molecular weight excluding hydrogens is 784 g/mol. The minimum absolute atomic E-state index is 0.158. The summed E-state index contributed by atoms with van der Waals surface area (Å²) in [5.74, 6) is 0. The second-order valence-corrected chi connectivity index (χ2v) is 21.9. The number of unbranched alkanes of at least 4 members (excludes halogenated alkanes) is 42. The Labute approximate surface area is 397 Å². The lowest BCUT2D eigenvalue weighted by atomic mass is 9.95. The van der Waals surface area contributed by atoms with Crippen molar-refractivity contribution in [2.24, 2.45) is 0 Å². The van der Waals surface area contributed by atoms with Gasteiger partial charge in [0.1, 0.15) is 0 Å². The van der Waals surface area contributed by atoms with E-state index in [9.17, 15) is 0 Å². The molecule has 0 fully saturated rings. The van der Waals surface area contributed by atoms with Crippen LogP contribution in [0.25, 0.3) is 0 Å². The first kappa shape index (κ1) is 61.5. The van der Waals surface area contributed by atoms with Crippen molar-refractivity contribution in [2.45, 2.75) is 346 Å². The van der Waals surface area contributed by atoms with Gasteiger partial charge in [0.15, 0.2) is 4.46 Å². The molecule has 0 bridgehead atoms. The smallest absolute Gasteiger partial charge is 0.186 e. The van der Waals surface area contributed by atoms with Gasteiger partial charge >= 0.3 is 0 Å². The summed E-state index contributed by atoms with van der Waals surface area (Å²) in [6, 6.07) is 0.729. The summed E-state index contributed by atoms with van der Waals surface area (Å²) in [4.78, 5) is 4.73. The van der Waals surface area contributed by atoms with E-state index in [0.29, 0.717) is 6.04 Å². The molecule has 0 saturated heterocycles. The maximum absolute atomic E-state index is 7.28. The highest BCUT2D eigenvalue weighted by Gasteiger charge is 2.41. The molecule has 0 aliphatic carbocycles. The molecule has 0 aromatic carbocycles. The summed E-state index contributed by atoms with van der Waals surface area (Å²) in [5.41, 5.74) is 0. The van der Waals surface area contributed by atoms with Crippen LogP contribution in [0.5, 0.6) is 0 Å². The zero-order valence-corrected chi connectivity index (χ0v) is 44.8. The standard InChI is InChI=1S/C57H116Cl2N2/c1-7-10-13-16-19-22-25-28-30-32-35-37-40-43-46-49-52-55(53-50-47-44-41-38-36-33-31-29-26-23-20-17-14-11-8-2)61(6)56(57(58,59)60(4)5)54-51-48-45-42-39-34-27-24-21-18-15-12-9-3/h55-56H,7-54H2,1-6H3. The molecule has 0 spiro atoms. The molecule has 0 aromatic rings. The van der Waals surface area contributed by atoms with E-state index in [-0.39, 0.29) is 6.04 Å². The Balaban J connectivity index is 4.74. The van der Waals surface area contributed by atoms with E-state index in [1.807, 2.05) is 0 Å². The maximum atomic E-state index is 7.28. The molecule has 0 aliphatic rings. The Kier molecular flexibility index (Phi) is 48.8. The molecule has 1 atom stereocenters. The molecule has 0 saturated carbocycles. The summed E-state index contributed by atoms with van der Waals surface area (Å²) >= 11 is 14.6. The molecule has 2 nitrogen and oxygen atoms in total. The highest BCUT2D eigenvalue weighted by molar-refractivity contribution is 6.48. The van der Waals surface area contributed by atoms with Crippen LogP contribution < -0.4 is 0 Å². The Morgan fingerprint density at radius 3 is 0.656 bits per heavy atom. The third-order valence-electron chi connectivity index (χ3n) is 14.4. The topological polar surface area (TPSA) is 6.48 Å². The molecule has 0 heterocycles. The number of alkyl halides is 2. The van der Waals surface area contributed by atoms with Crippen molar-refractivity contribution in [1.82, 2.24) is 9.80 Å². The van der Waals surface area contributed by atoms with Gasteiger partial charge in [0.2, 0.25) is 0 Å². The number of likely N-dealkylation sites (N-methyl/N-ethyl adjacent to an activating group) is 2. The van der Waals surface area contributed by atoms with Gasteiger partial charge in [0.25, 0.3) is 0 Å². The summed E-state index contributed by atoms with van der Waals surface area (Å²) in [6.45, 7) is 6.94. The van der Waals surface area contributed by atoms with Crippen molar-refractivity contribution in [3.63, 3.8) is 0 Å². The second kappa shape index (κ2) is 48.4. The second-order valence-electron chi connectivity index (χ2n) is 20.5. The van der Waals surface area contributed by atoms with Crippen LogP contribution in [0.4, 0.5) is 0 Å². The van der Waals surface area contributed by atoms with E-state index >= 15 is 0 Å². The van der Waals surface area contributed by atoms with Crippen LogP contribution in [0.3, 0.4) is 0 Å². The van der Waals surface area contributed by atoms with Gasteiger partial charge in [0.05, 0.1) is 6.04 Å². The van der Waals surface area contributed by atoms with Gasteiger partial charge in [-0.1, -0.05) is 333 Å². The Morgan fingerprint density at radius 1 is 0.279 bits per heavy atom. The lowest BCUT2D eigenvalue weighted by molar-refractivity contribution is 0.0886.